The Morgan fingerprint density at radius 2 is 2.17 bits per heavy atom. The van der Waals surface area contributed by atoms with Crippen molar-refractivity contribution in [3.8, 4) is 0 Å². The molecule has 0 saturated carbocycles. The van der Waals surface area contributed by atoms with Crippen molar-refractivity contribution in [2.75, 3.05) is 26.3 Å². The topological polar surface area (TPSA) is 21.3 Å². The van der Waals surface area contributed by atoms with E-state index < -0.39 is 0 Å². The zero-order valence-corrected chi connectivity index (χ0v) is 12.6. The lowest BCUT2D eigenvalue weighted by atomic mass is 9.73. The van der Waals surface area contributed by atoms with Gasteiger partial charge in [0.25, 0.3) is 0 Å². The first-order valence-electron chi connectivity index (χ1n) is 6.81. The van der Waals surface area contributed by atoms with Crippen LogP contribution in [0.4, 0.5) is 0 Å². The monoisotopic (exact) mass is 311 g/mol. The third-order valence-electron chi connectivity index (χ3n) is 3.73. The van der Waals surface area contributed by atoms with Gasteiger partial charge in [-0.05, 0) is 30.5 Å². The fourth-order valence-corrected chi connectivity index (χ4v) is 2.79. The standard InChI is InChI=1S/C15H22BrNO/c1-2-3-8-18-9-7-15(11-17-12-15)13-5-4-6-14(16)10-13/h4-6,10,17H,2-3,7-9,11-12H2,1H3. The molecule has 0 atom stereocenters. The molecule has 1 aromatic rings. The van der Waals surface area contributed by atoms with Gasteiger partial charge in [-0.25, -0.2) is 0 Å². The molecule has 0 amide bonds. The van der Waals surface area contributed by atoms with Gasteiger partial charge in [0.15, 0.2) is 0 Å². The van der Waals surface area contributed by atoms with Crippen LogP contribution in [0, 0.1) is 0 Å². The first-order valence-corrected chi connectivity index (χ1v) is 7.61. The van der Waals surface area contributed by atoms with Crippen LogP contribution in [0.5, 0.6) is 0 Å². The van der Waals surface area contributed by atoms with Crippen molar-refractivity contribution in [2.45, 2.75) is 31.6 Å². The second-order valence-electron chi connectivity index (χ2n) is 5.11. The SMILES string of the molecule is CCCCOCCC1(c2cccc(Br)c2)CNC1. The van der Waals surface area contributed by atoms with E-state index in [9.17, 15) is 0 Å². The number of hydrogen-bond donors (Lipinski definition) is 1. The van der Waals surface area contributed by atoms with Crippen LogP contribution in [0.2, 0.25) is 0 Å². The second kappa shape index (κ2) is 6.69. The average Bonchev–Trinajstić information content (AvgIpc) is 2.32. The molecule has 100 valence electrons. The Morgan fingerprint density at radius 1 is 1.33 bits per heavy atom. The first-order chi connectivity index (χ1) is 8.77. The number of hydrogen-bond acceptors (Lipinski definition) is 2. The van der Waals surface area contributed by atoms with Crippen LogP contribution in [0.15, 0.2) is 28.7 Å². The van der Waals surface area contributed by atoms with E-state index in [1.54, 1.807) is 0 Å². The van der Waals surface area contributed by atoms with Crippen LogP contribution in [0.1, 0.15) is 31.7 Å². The van der Waals surface area contributed by atoms with Crippen LogP contribution in [-0.2, 0) is 10.2 Å². The van der Waals surface area contributed by atoms with Gasteiger partial charge in [-0.1, -0.05) is 41.4 Å². The Morgan fingerprint density at radius 3 is 2.78 bits per heavy atom. The van der Waals surface area contributed by atoms with E-state index in [1.807, 2.05) is 0 Å². The minimum absolute atomic E-state index is 0.288. The molecule has 1 saturated heterocycles. The molecular formula is C15H22BrNO. The number of ether oxygens (including phenoxy) is 1. The zero-order valence-electron chi connectivity index (χ0n) is 11.0. The van der Waals surface area contributed by atoms with Crippen LogP contribution in [-0.4, -0.2) is 26.3 Å². The summed E-state index contributed by atoms with van der Waals surface area (Å²) in [5, 5.41) is 3.40. The maximum absolute atomic E-state index is 5.72. The Balaban J connectivity index is 1.90. The van der Waals surface area contributed by atoms with E-state index in [1.165, 1.54) is 18.4 Å². The van der Waals surface area contributed by atoms with Gasteiger partial charge in [-0.3, -0.25) is 0 Å². The van der Waals surface area contributed by atoms with E-state index in [-0.39, 0.29) is 5.41 Å². The lowest BCUT2D eigenvalue weighted by molar-refractivity contribution is 0.0973. The largest absolute Gasteiger partial charge is 0.381 e. The van der Waals surface area contributed by atoms with Gasteiger partial charge in [0.1, 0.15) is 0 Å². The van der Waals surface area contributed by atoms with Crippen LogP contribution >= 0.6 is 15.9 Å². The highest BCUT2D eigenvalue weighted by atomic mass is 79.9. The lowest BCUT2D eigenvalue weighted by Gasteiger charge is -2.43. The van der Waals surface area contributed by atoms with Crippen LogP contribution in [0.3, 0.4) is 0 Å². The molecule has 1 heterocycles. The molecule has 2 nitrogen and oxygen atoms in total. The van der Waals surface area contributed by atoms with Crippen LogP contribution in [0.25, 0.3) is 0 Å². The van der Waals surface area contributed by atoms with Gasteiger partial charge < -0.3 is 10.1 Å². The summed E-state index contributed by atoms with van der Waals surface area (Å²) in [6.07, 6.45) is 3.49. The molecule has 1 aromatic carbocycles. The van der Waals surface area contributed by atoms with E-state index in [0.29, 0.717) is 0 Å². The molecule has 0 bridgehead atoms. The van der Waals surface area contributed by atoms with Crippen molar-refractivity contribution in [3.05, 3.63) is 34.3 Å². The third-order valence-corrected chi connectivity index (χ3v) is 4.22. The van der Waals surface area contributed by atoms with E-state index in [4.69, 9.17) is 4.74 Å². The quantitative estimate of drug-likeness (QED) is 0.778. The maximum Gasteiger partial charge on any atom is 0.0475 e. The summed E-state index contributed by atoms with van der Waals surface area (Å²) >= 11 is 3.56. The lowest BCUT2D eigenvalue weighted by Crippen LogP contribution is -2.57. The smallest absolute Gasteiger partial charge is 0.0475 e. The summed E-state index contributed by atoms with van der Waals surface area (Å²) in [4.78, 5) is 0. The number of halogens is 1. The summed E-state index contributed by atoms with van der Waals surface area (Å²) < 4.78 is 6.88. The van der Waals surface area contributed by atoms with Gasteiger partial charge >= 0.3 is 0 Å². The van der Waals surface area contributed by atoms with Crippen LogP contribution < -0.4 is 5.32 Å². The van der Waals surface area contributed by atoms with Gasteiger partial charge in [0.2, 0.25) is 0 Å². The number of rotatable bonds is 7. The summed E-state index contributed by atoms with van der Waals surface area (Å²) in [5.41, 5.74) is 1.71. The molecule has 1 fully saturated rings. The molecule has 18 heavy (non-hydrogen) atoms. The molecule has 1 aliphatic rings. The predicted molar refractivity (Wildman–Crippen MR) is 79.0 cm³/mol. The van der Waals surface area contributed by atoms with Gasteiger partial charge in [-0.2, -0.15) is 0 Å². The summed E-state index contributed by atoms with van der Waals surface area (Å²) in [5.74, 6) is 0. The predicted octanol–water partition coefficient (Wildman–Crippen LogP) is 3.50. The number of nitrogens with one attached hydrogen (secondary N) is 1. The molecule has 0 aromatic heterocycles. The van der Waals surface area contributed by atoms with Crippen molar-refractivity contribution < 1.29 is 4.74 Å². The normalized spacial score (nSPS) is 17.4. The Hall–Kier alpha value is -0.380. The van der Waals surface area contributed by atoms with E-state index >= 15 is 0 Å². The molecular weight excluding hydrogens is 290 g/mol. The van der Waals surface area contributed by atoms with Gasteiger partial charge in [0.05, 0.1) is 0 Å². The highest BCUT2D eigenvalue weighted by molar-refractivity contribution is 9.10. The Labute approximate surface area is 118 Å². The molecule has 1 aliphatic heterocycles. The van der Waals surface area contributed by atoms with Crippen molar-refractivity contribution >= 4 is 15.9 Å². The molecule has 0 unspecified atom stereocenters. The van der Waals surface area contributed by atoms with Crippen molar-refractivity contribution in [3.63, 3.8) is 0 Å². The highest BCUT2D eigenvalue weighted by Crippen LogP contribution is 2.33. The van der Waals surface area contributed by atoms with Crippen molar-refractivity contribution in [2.24, 2.45) is 0 Å². The average molecular weight is 312 g/mol. The summed E-state index contributed by atoms with van der Waals surface area (Å²) in [6, 6.07) is 8.68. The minimum Gasteiger partial charge on any atom is -0.381 e. The Kier molecular flexibility index (Phi) is 5.22. The molecule has 0 aliphatic carbocycles. The Bertz CT molecular complexity index is 377. The summed E-state index contributed by atoms with van der Waals surface area (Å²) in [6.45, 7) is 6.11. The third kappa shape index (κ3) is 3.34. The highest BCUT2D eigenvalue weighted by Gasteiger charge is 2.38. The van der Waals surface area contributed by atoms with E-state index in [0.717, 1.165) is 37.2 Å². The minimum atomic E-state index is 0.288. The fraction of sp³-hybridized carbons (Fsp3) is 0.600. The molecule has 2 rings (SSSR count). The molecule has 0 radical (unpaired) electrons. The first kappa shape index (κ1) is 14.0. The maximum atomic E-state index is 5.72. The summed E-state index contributed by atoms with van der Waals surface area (Å²) in [7, 11) is 0. The fourth-order valence-electron chi connectivity index (χ4n) is 2.39. The molecule has 0 spiro atoms. The van der Waals surface area contributed by atoms with E-state index in [2.05, 4.69) is 52.4 Å². The van der Waals surface area contributed by atoms with Crippen molar-refractivity contribution in [1.29, 1.82) is 0 Å². The number of benzene rings is 1. The van der Waals surface area contributed by atoms with Crippen molar-refractivity contribution in [1.82, 2.24) is 5.32 Å². The molecule has 3 heteroatoms. The zero-order chi connectivity index (χ0) is 12.8. The number of unbranched alkanes of at least 4 members (excludes halogenated alkanes) is 1. The second-order valence-corrected chi connectivity index (χ2v) is 6.03. The van der Waals surface area contributed by atoms with Gasteiger partial charge in [0, 0.05) is 36.2 Å². The molecule has 1 N–H and O–H groups in total. The van der Waals surface area contributed by atoms with Gasteiger partial charge in [-0.15, -0.1) is 0 Å².